The highest BCUT2D eigenvalue weighted by molar-refractivity contribution is 5.81. The van der Waals surface area contributed by atoms with Crippen LogP contribution >= 0.6 is 0 Å². The fraction of sp³-hybridized carbons (Fsp3) is 0.545. The van der Waals surface area contributed by atoms with Gasteiger partial charge in [-0.25, -0.2) is 15.0 Å². The van der Waals surface area contributed by atoms with Crippen LogP contribution in [0.1, 0.15) is 31.6 Å². The maximum Gasteiger partial charge on any atom is 0.183 e. The summed E-state index contributed by atoms with van der Waals surface area (Å²) in [6, 6.07) is 0.261. The van der Waals surface area contributed by atoms with Crippen LogP contribution in [0, 0.1) is 5.92 Å². The molecule has 2 aromatic heterocycles. The highest BCUT2D eigenvalue weighted by Crippen LogP contribution is 2.28. The maximum atomic E-state index is 5.79. The average molecular weight is 232 g/mol. The summed E-state index contributed by atoms with van der Waals surface area (Å²) < 4.78 is 0. The lowest BCUT2D eigenvalue weighted by Gasteiger charge is -2.28. The number of imidazole rings is 1. The van der Waals surface area contributed by atoms with Crippen molar-refractivity contribution in [3.05, 3.63) is 12.2 Å². The fourth-order valence-electron chi connectivity index (χ4n) is 2.43. The Morgan fingerprint density at radius 1 is 1.41 bits per heavy atom. The van der Waals surface area contributed by atoms with Gasteiger partial charge in [0.15, 0.2) is 11.5 Å². The minimum absolute atomic E-state index is 0.261. The number of rotatable bonds is 1. The number of piperidine rings is 1. The number of aromatic nitrogens is 4. The molecule has 2 aromatic rings. The van der Waals surface area contributed by atoms with Gasteiger partial charge in [-0.2, -0.15) is 0 Å². The molecule has 6 nitrogen and oxygen atoms in total. The van der Waals surface area contributed by atoms with Crippen molar-refractivity contribution in [2.24, 2.45) is 5.92 Å². The zero-order chi connectivity index (χ0) is 11.8. The molecule has 3 heterocycles. The van der Waals surface area contributed by atoms with Gasteiger partial charge in [0.05, 0.1) is 6.04 Å². The summed E-state index contributed by atoms with van der Waals surface area (Å²) >= 11 is 0. The third kappa shape index (κ3) is 1.74. The second-order valence-electron chi connectivity index (χ2n) is 4.63. The van der Waals surface area contributed by atoms with Crippen molar-refractivity contribution in [1.82, 2.24) is 25.3 Å². The standard InChI is InChI=1S/C11H16N6/c1-6-3-2-4-13-7(6)11-16-8-9(12)14-5-15-10(8)17-11/h5-7,13H,2-4H2,1H3,(H3,12,14,15,16,17). The van der Waals surface area contributed by atoms with Crippen molar-refractivity contribution in [3.63, 3.8) is 0 Å². The zero-order valence-corrected chi connectivity index (χ0v) is 9.77. The Hall–Kier alpha value is -1.69. The number of anilines is 1. The van der Waals surface area contributed by atoms with E-state index in [1.165, 1.54) is 19.2 Å². The van der Waals surface area contributed by atoms with Crippen molar-refractivity contribution in [2.45, 2.75) is 25.8 Å². The summed E-state index contributed by atoms with van der Waals surface area (Å²) in [6.45, 7) is 3.27. The van der Waals surface area contributed by atoms with Crippen molar-refractivity contribution < 1.29 is 0 Å². The number of nitrogen functional groups attached to an aromatic ring is 1. The van der Waals surface area contributed by atoms with E-state index >= 15 is 0 Å². The number of nitrogens with two attached hydrogens (primary N) is 1. The summed E-state index contributed by atoms with van der Waals surface area (Å²) in [5, 5.41) is 3.48. The lowest BCUT2D eigenvalue weighted by atomic mass is 9.92. The first-order chi connectivity index (χ1) is 8.25. The van der Waals surface area contributed by atoms with E-state index in [1.807, 2.05) is 0 Å². The van der Waals surface area contributed by atoms with Crippen LogP contribution in [0.3, 0.4) is 0 Å². The van der Waals surface area contributed by atoms with Gasteiger partial charge < -0.3 is 16.0 Å². The molecular weight excluding hydrogens is 216 g/mol. The molecule has 1 aliphatic heterocycles. The molecular formula is C11H16N6. The molecule has 0 spiro atoms. The van der Waals surface area contributed by atoms with Gasteiger partial charge in [-0.15, -0.1) is 0 Å². The number of aromatic amines is 1. The number of fused-ring (bicyclic) bond motifs is 1. The third-order valence-electron chi connectivity index (χ3n) is 3.40. The summed E-state index contributed by atoms with van der Waals surface area (Å²) in [7, 11) is 0. The van der Waals surface area contributed by atoms with Crippen LogP contribution in [-0.4, -0.2) is 26.5 Å². The van der Waals surface area contributed by atoms with Crippen LogP contribution in [0.25, 0.3) is 11.2 Å². The predicted molar refractivity (Wildman–Crippen MR) is 65.2 cm³/mol. The Kier molecular flexibility index (Phi) is 2.44. The van der Waals surface area contributed by atoms with Crippen LogP contribution < -0.4 is 11.1 Å². The van der Waals surface area contributed by atoms with E-state index in [4.69, 9.17) is 5.73 Å². The largest absolute Gasteiger partial charge is 0.382 e. The van der Waals surface area contributed by atoms with Gasteiger partial charge in [-0.05, 0) is 25.3 Å². The van der Waals surface area contributed by atoms with Gasteiger partial charge in [0.2, 0.25) is 0 Å². The second-order valence-corrected chi connectivity index (χ2v) is 4.63. The Balaban J connectivity index is 2.02. The summed E-state index contributed by atoms with van der Waals surface area (Å²) in [4.78, 5) is 15.8. The van der Waals surface area contributed by atoms with Gasteiger partial charge in [0.25, 0.3) is 0 Å². The average Bonchev–Trinajstić information content (AvgIpc) is 2.75. The molecule has 0 aromatic carbocycles. The molecule has 6 heteroatoms. The van der Waals surface area contributed by atoms with E-state index in [2.05, 4.69) is 32.2 Å². The normalized spacial score (nSPS) is 25.2. The Labute approximate surface area is 99.1 Å². The summed E-state index contributed by atoms with van der Waals surface area (Å²) in [5.74, 6) is 1.94. The van der Waals surface area contributed by atoms with E-state index < -0.39 is 0 Å². The molecule has 4 N–H and O–H groups in total. The molecule has 2 unspecified atom stereocenters. The smallest absolute Gasteiger partial charge is 0.183 e. The topological polar surface area (TPSA) is 92.5 Å². The SMILES string of the molecule is CC1CCCNC1c1nc2ncnc(N)c2[nH]1. The van der Waals surface area contributed by atoms with E-state index in [0.29, 0.717) is 17.4 Å². The molecule has 3 rings (SSSR count). The third-order valence-corrected chi connectivity index (χ3v) is 3.40. The lowest BCUT2D eigenvalue weighted by Crippen LogP contribution is -2.33. The minimum atomic E-state index is 0.261. The number of nitrogens with one attached hydrogen (secondary N) is 2. The van der Waals surface area contributed by atoms with Crippen LogP contribution in [0.5, 0.6) is 0 Å². The molecule has 17 heavy (non-hydrogen) atoms. The second kappa shape index (κ2) is 3.96. The predicted octanol–water partition coefficient (Wildman–Crippen LogP) is 0.996. The van der Waals surface area contributed by atoms with Crippen molar-refractivity contribution in [3.8, 4) is 0 Å². The molecule has 1 fully saturated rings. The van der Waals surface area contributed by atoms with E-state index in [0.717, 1.165) is 17.9 Å². The lowest BCUT2D eigenvalue weighted by molar-refractivity contribution is 0.296. The first kappa shape index (κ1) is 10.5. The van der Waals surface area contributed by atoms with Gasteiger partial charge in [-0.1, -0.05) is 6.92 Å². The van der Waals surface area contributed by atoms with Gasteiger partial charge in [0, 0.05) is 0 Å². The first-order valence-corrected chi connectivity index (χ1v) is 5.95. The molecule has 0 aliphatic carbocycles. The molecule has 1 saturated heterocycles. The first-order valence-electron chi connectivity index (χ1n) is 5.95. The van der Waals surface area contributed by atoms with E-state index in [9.17, 15) is 0 Å². The monoisotopic (exact) mass is 232 g/mol. The quantitative estimate of drug-likeness (QED) is 0.682. The zero-order valence-electron chi connectivity index (χ0n) is 9.77. The molecule has 0 saturated carbocycles. The molecule has 1 aliphatic rings. The van der Waals surface area contributed by atoms with Crippen LogP contribution in [0.15, 0.2) is 6.33 Å². The van der Waals surface area contributed by atoms with Gasteiger partial charge in [0.1, 0.15) is 17.7 Å². The summed E-state index contributed by atoms with van der Waals surface area (Å²) in [6.07, 6.45) is 3.88. The number of hydrogen-bond donors (Lipinski definition) is 3. The Bertz CT molecular complexity index is 534. The maximum absolute atomic E-state index is 5.79. The molecule has 2 atom stereocenters. The number of H-pyrrole nitrogens is 1. The number of nitrogens with zero attached hydrogens (tertiary/aromatic N) is 3. The van der Waals surface area contributed by atoms with E-state index in [-0.39, 0.29) is 6.04 Å². The highest BCUT2D eigenvalue weighted by atomic mass is 15.1. The number of hydrogen-bond acceptors (Lipinski definition) is 5. The summed E-state index contributed by atoms with van der Waals surface area (Å²) in [5.41, 5.74) is 7.17. The van der Waals surface area contributed by atoms with Gasteiger partial charge >= 0.3 is 0 Å². The Morgan fingerprint density at radius 3 is 3.06 bits per heavy atom. The van der Waals surface area contributed by atoms with Crippen molar-refractivity contribution in [2.75, 3.05) is 12.3 Å². The van der Waals surface area contributed by atoms with Crippen molar-refractivity contribution in [1.29, 1.82) is 0 Å². The van der Waals surface area contributed by atoms with Crippen LogP contribution in [-0.2, 0) is 0 Å². The van der Waals surface area contributed by atoms with Crippen LogP contribution in [0.2, 0.25) is 0 Å². The molecule has 0 radical (unpaired) electrons. The molecule has 0 bridgehead atoms. The minimum Gasteiger partial charge on any atom is -0.382 e. The van der Waals surface area contributed by atoms with Gasteiger partial charge in [-0.3, -0.25) is 0 Å². The molecule has 90 valence electrons. The molecule has 0 amide bonds. The fourth-order valence-corrected chi connectivity index (χ4v) is 2.43. The van der Waals surface area contributed by atoms with Crippen molar-refractivity contribution >= 4 is 17.0 Å². The van der Waals surface area contributed by atoms with Crippen LogP contribution in [0.4, 0.5) is 5.82 Å². The van der Waals surface area contributed by atoms with E-state index in [1.54, 1.807) is 0 Å². The Morgan fingerprint density at radius 2 is 2.29 bits per heavy atom. The highest BCUT2D eigenvalue weighted by Gasteiger charge is 2.25.